The molecule has 1 heterocycles. The number of aromatic amines is 1. The van der Waals surface area contributed by atoms with Crippen molar-refractivity contribution in [3.05, 3.63) is 18.2 Å². The van der Waals surface area contributed by atoms with Crippen LogP contribution < -0.4 is 5.32 Å². The second kappa shape index (κ2) is 9.38. The summed E-state index contributed by atoms with van der Waals surface area (Å²) >= 11 is 1.45. The van der Waals surface area contributed by atoms with Crippen LogP contribution in [0.1, 0.15) is 5.69 Å². The third-order valence-corrected chi connectivity index (χ3v) is 3.39. The Balaban J connectivity index is 2.43. The van der Waals surface area contributed by atoms with Crippen LogP contribution in [0.15, 0.2) is 12.5 Å². The van der Waals surface area contributed by atoms with Crippen molar-refractivity contribution >= 4 is 23.6 Å². The molecule has 0 saturated carbocycles. The molecule has 1 rings (SSSR count). The van der Waals surface area contributed by atoms with E-state index in [2.05, 4.69) is 15.3 Å². The Bertz CT molecular complexity index is 411. The maximum atomic E-state index is 11.8. The molecule has 0 aromatic carbocycles. The van der Waals surface area contributed by atoms with Gasteiger partial charge in [0, 0.05) is 31.2 Å². The van der Waals surface area contributed by atoms with Crippen molar-refractivity contribution in [3.8, 4) is 0 Å². The lowest BCUT2D eigenvalue weighted by atomic mass is 10.1. The van der Waals surface area contributed by atoms with Gasteiger partial charge >= 0.3 is 5.97 Å². The molecular formula is C12H19N3O4S. The van der Waals surface area contributed by atoms with Crippen LogP contribution in [-0.2, 0) is 25.5 Å². The molecule has 0 saturated heterocycles. The third-order valence-electron chi connectivity index (χ3n) is 2.46. The van der Waals surface area contributed by atoms with Crippen molar-refractivity contribution in [2.45, 2.75) is 12.5 Å². The first kappa shape index (κ1) is 16.5. The molecule has 0 aliphatic rings. The zero-order valence-corrected chi connectivity index (χ0v) is 12.4. The number of methoxy groups -OCH3 is 2. The van der Waals surface area contributed by atoms with Gasteiger partial charge in [-0.25, -0.2) is 9.78 Å². The second-order valence-electron chi connectivity index (χ2n) is 3.97. The Labute approximate surface area is 121 Å². The number of esters is 1. The summed E-state index contributed by atoms with van der Waals surface area (Å²) < 4.78 is 9.58. The van der Waals surface area contributed by atoms with Gasteiger partial charge in [0.05, 0.1) is 25.8 Å². The molecule has 0 aliphatic heterocycles. The zero-order chi connectivity index (χ0) is 14.8. The number of hydrogen-bond donors (Lipinski definition) is 2. The van der Waals surface area contributed by atoms with Crippen LogP contribution in [-0.4, -0.2) is 60.2 Å². The van der Waals surface area contributed by atoms with Gasteiger partial charge in [0.2, 0.25) is 5.91 Å². The summed E-state index contributed by atoms with van der Waals surface area (Å²) in [6.07, 6.45) is 3.45. The number of amides is 1. The fraction of sp³-hybridized carbons (Fsp3) is 0.583. The lowest BCUT2D eigenvalue weighted by Gasteiger charge is -2.15. The minimum absolute atomic E-state index is 0.207. The van der Waals surface area contributed by atoms with Crippen LogP contribution in [0.4, 0.5) is 0 Å². The lowest BCUT2D eigenvalue weighted by molar-refractivity contribution is -0.144. The van der Waals surface area contributed by atoms with Gasteiger partial charge in [0.25, 0.3) is 0 Å². The first-order valence-corrected chi connectivity index (χ1v) is 7.24. The maximum Gasteiger partial charge on any atom is 0.328 e. The number of hydrogen-bond acceptors (Lipinski definition) is 6. The third kappa shape index (κ3) is 6.07. The Kier molecular flexibility index (Phi) is 7.74. The topological polar surface area (TPSA) is 93.3 Å². The van der Waals surface area contributed by atoms with Crippen molar-refractivity contribution in [3.63, 3.8) is 0 Å². The molecular weight excluding hydrogens is 282 g/mol. The summed E-state index contributed by atoms with van der Waals surface area (Å²) in [6, 6.07) is -0.712. The summed E-state index contributed by atoms with van der Waals surface area (Å²) in [7, 11) is 2.90. The molecule has 0 spiro atoms. The summed E-state index contributed by atoms with van der Waals surface area (Å²) in [6.45, 7) is 0.590. The molecule has 8 heteroatoms. The van der Waals surface area contributed by atoms with Gasteiger partial charge in [-0.3, -0.25) is 4.79 Å². The Morgan fingerprint density at radius 2 is 2.30 bits per heavy atom. The van der Waals surface area contributed by atoms with E-state index in [9.17, 15) is 9.59 Å². The Morgan fingerprint density at radius 1 is 1.50 bits per heavy atom. The number of carbonyl (C=O) groups is 2. The number of carbonyl (C=O) groups excluding carboxylic acids is 2. The minimum Gasteiger partial charge on any atom is -0.467 e. The Hall–Kier alpha value is -1.54. The molecule has 0 aliphatic carbocycles. The SMILES string of the molecule is COCCSCC(=O)N[C@@H](Cc1cnc[nH]1)C(=O)OC. The molecule has 2 N–H and O–H groups in total. The Morgan fingerprint density at radius 3 is 2.90 bits per heavy atom. The zero-order valence-electron chi connectivity index (χ0n) is 11.5. The average molecular weight is 301 g/mol. The summed E-state index contributed by atoms with van der Waals surface area (Å²) in [5, 5.41) is 2.66. The van der Waals surface area contributed by atoms with Gasteiger partial charge in [-0.1, -0.05) is 0 Å². The van der Waals surface area contributed by atoms with E-state index < -0.39 is 12.0 Å². The fourth-order valence-corrected chi connectivity index (χ4v) is 2.19. The molecule has 1 aromatic rings. The highest BCUT2D eigenvalue weighted by Gasteiger charge is 2.22. The summed E-state index contributed by atoms with van der Waals surface area (Å²) in [5.41, 5.74) is 0.757. The molecule has 7 nitrogen and oxygen atoms in total. The number of rotatable bonds is 9. The standard InChI is InChI=1S/C12H19N3O4S/c1-18-3-4-20-7-11(16)15-10(12(17)19-2)5-9-6-13-8-14-9/h6,8,10H,3-5,7H2,1-2H3,(H,13,14)(H,15,16)/t10-/m0/s1. The van der Waals surface area contributed by atoms with Gasteiger partial charge in [-0.05, 0) is 0 Å². The van der Waals surface area contributed by atoms with Crippen molar-refractivity contribution in [1.29, 1.82) is 0 Å². The average Bonchev–Trinajstić information content (AvgIpc) is 2.95. The molecule has 0 bridgehead atoms. The van der Waals surface area contributed by atoms with E-state index in [-0.39, 0.29) is 11.7 Å². The second-order valence-corrected chi connectivity index (χ2v) is 5.07. The molecule has 20 heavy (non-hydrogen) atoms. The summed E-state index contributed by atoms with van der Waals surface area (Å²) in [5.74, 6) is 0.323. The van der Waals surface area contributed by atoms with E-state index in [1.54, 1.807) is 13.3 Å². The van der Waals surface area contributed by atoms with E-state index in [1.807, 2.05) is 0 Å². The van der Waals surface area contributed by atoms with Gasteiger partial charge < -0.3 is 19.8 Å². The van der Waals surface area contributed by atoms with Crippen molar-refractivity contribution in [1.82, 2.24) is 15.3 Å². The molecule has 0 fully saturated rings. The predicted molar refractivity (Wildman–Crippen MR) is 75.4 cm³/mol. The van der Waals surface area contributed by atoms with Crippen LogP contribution in [0, 0.1) is 0 Å². The molecule has 1 atom stereocenters. The minimum atomic E-state index is -0.712. The van der Waals surface area contributed by atoms with Gasteiger partial charge in [-0.2, -0.15) is 0 Å². The van der Waals surface area contributed by atoms with Crippen LogP contribution in [0.25, 0.3) is 0 Å². The lowest BCUT2D eigenvalue weighted by Crippen LogP contribution is -2.44. The van der Waals surface area contributed by atoms with E-state index in [0.717, 1.165) is 11.4 Å². The summed E-state index contributed by atoms with van der Waals surface area (Å²) in [4.78, 5) is 30.2. The van der Waals surface area contributed by atoms with Crippen LogP contribution in [0.5, 0.6) is 0 Å². The number of ether oxygens (including phenoxy) is 2. The largest absolute Gasteiger partial charge is 0.467 e. The number of H-pyrrole nitrogens is 1. The highest BCUT2D eigenvalue weighted by molar-refractivity contribution is 7.99. The van der Waals surface area contributed by atoms with Crippen molar-refractivity contribution in [2.75, 3.05) is 32.3 Å². The number of nitrogens with one attached hydrogen (secondary N) is 2. The highest BCUT2D eigenvalue weighted by Crippen LogP contribution is 2.03. The van der Waals surface area contributed by atoms with E-state index in [1.165, 1.54) is 25.2 Å². The molecule has 1 amide bonds. The van der Waals surface area contributed by atoms with Crippen LogP contribution in [0.3, 0.4) is 0 Å². The predicted octanol–water partition coefficient (Wildman–Crippen LogP) is -0.0104. The monoisotopic (exact) mass is 301 g/mol. The van der Waals surface area contributed by atoms with Gasteiger partial charge in [0.1, 0.15) is 6.04 Å². The number of imidazole rings is 1. The first-order valence-electron chi connectivity index (χ1n) is 6.08. The van der Waals surface area contributed by atoms with Crippen LogP contribution in [0.2, 0.25) is 0 Å². The highest BCUT2D eigenvalue weighted by atomic mass is 32.2. The van der Waals surface area contributed by atoms with Gasteiger partial charge in [-0.15, -0.1) is 11.8 Å². The van der Waals surface area contributed by atoms with Crippen LogP contribution >= 0.6 is 11.8 Å². The smallest absolute Gasteiger partial charge is 0.328 e. The number of aromatic nitrogens is 2. The molecule has 112 valence electrons. The quantitative estimate of drug-likeness (QED) is 0.492. The number of thioether (sulfide) groups is 1. The normalized spacial score (nSPS) is 11.9. The number of nitrogens with zero attached hydrogens (tertiary/aromatic N) is 1. The van der Waals surface area contributed by atoms with E-state index >= 15 is 0 Å². The molecule has 0 unspecified atom stereocenters. The van der Waals surface area contributed by atoms with Gasteiger partial charge in [0.15, 0.2) is 0 Å². The van der Waals surface area contributed by atoms with Crippen molar-refractivity contribution < 1.29 is 19.1 Å². The molecule has 1 aromatic heterocycles. The molecule has 0 radical (unpaired) electrons. The van der Waals surface area contributed by atoms with E-state index in [0.29, 0.717) is 13.0 Å². The fourth-order valence-electron chi connectivity index (χ4n) is 1.49. The van der Waals surface area contributed by atoms with Crippen molar-refractivity contribution in [2.24, 2.45) is 0 Å². The first-order chi connectivity index (χ1) is 9.67. The van der Waals surface area contributed by atoms with E-state index in [4.69, 9.17) is 9.47 Å². The maximum absolute atomic E-state index is 11.8.